The molecule has 0 aliphatic carbocycles. The minimum atomic E-state index is -4.71. The Bertz CT molecular complexity index is 1630. The SMILES string of the molecule is CCOC(=O)OCO/N=[N+](/[O-])N1CCC(C(=O)NS(=O)(=O)c2ccc(-n3nc(C(F)(F)F)cc3-c3ccc(C)cc3)cc2)C1. The molecule has 2 aromatic carbocycles. The van der Waals surface area contributed by atoms with Crippen molar-refractivity contribution in [2.24, 2.45) is 11.2 Å². The van der Waals surface area contributed by atoms with Crippen molar-refractivity contribution in [3.05, 3.63) is 71.1 Å². The predicted octanol–water partition coefficient (Wildman–Crippen LogP) is 3.93. The summed E-state index contributed by atoms with van der Waals surface area (Å²) in [5, 5.41) is 20.0. The van der Waals surface area contributed by atoms with Crippen LogP contribution in [0.1, 0.15) is 24.6 Å². The maximum atomic E-state index is 13.5. The topological polar surface area (TPSA) is 167 Å². The van der Waals surface area contributed by atoms with Crippen molar-refractivity contribution in [2.45, 2.75) is 31.3 Å². The van der Waals surface area contributed by atoms with E-state index in [9.17, 15) is 36.4 Å². The zero-order valence-electron chi connectivity index (χ0n) is 23.4. The second kappa shape index (κ2) is 13.2. The highest BCUT2D eigenvalue weighted by atomic mass is 32.2. The fourth-order valence-electron chi connectivity index (χ4n) is 4.16. The Morgan fingerprint density at radius 3 is 2.45 bits per heavy atom. The fraction of sp³-hybridized carbons (Fsp3) is 0.346. The minimum Gasteiger partial charge on any atom is -0.569 e. The van der Waals surface area contributed by atoms with E-state index < -0.39 is 46.7 Å². The molecule has 2 heterocycles. The second-order valence-corrected chi connectivity index (χ2v) is 11.1. The number of alkyl halides is 3. The molecule has 1 amide bonds. The summed E-state index contributed by atoms with van der Waals surface area (Å²) in [5.74, 6) is -1.77. The zero-order valence-corrected chi connectivity index (χ0v) is 24.2. The van der Waals surface area contributed by atoms with Gasteiger partial charge in [0.15, 0.2) is 5.69 Å². The molecular weight excluding hydrogens is 613 g/mol. The van der Waals surface area contributed by atoms with Gasteiger partial charge in [-0.2, -0.15) is 18.3 Å². The number of nitrogens with one attached hydrogen (secondary N) is 1. The first-order valence-electron chi connectivity index (χ1n) is 13.0. The number of amides is 1. The molecule has 1 unspecified atom stereocenters. The van der Waals surface area contributed by atoms with E-state index in [4.69, 9.17) is 0 Å². The van der Waals surface area contributed by atoms with Crippen molar-refractivity contribution in [1.82, 2.24) is 19.5 Å². The van der Waals surface area contributed by atoms with Gasteiger partial charge in [0.05, 0.1) is 46.9 Å². The lowest BCUT2D eigenvalue weighted by atomic mass is 10.1. The lowest BCUT2D eigenvalue weighted by Crippen LogP contribution is -2.37. The summed E-state index contributed by atoms with van der Waals surface area (Å²) < 4.78 is 78.3. The minimum absolute atomic E-state index is 0.0410. The van der Waals surface area contributed by atoms with E-state index in [0.717, 1.165) is 33.5 Å². The third-order valence-corrected chi connectivity index (χ3v) is 7.74. The molecular formula is C26H27F3N6O8S. The van der Waals surface area contributed by atoms with Crippen LogP contribution >= 0.6 is 0 Å². The van der Waals surface area contributed by atoms with Crippen LogP contribution in [-0.2, 0) is 35.3 Å². The second-order valence-electron chi connectivity index (χ2n) is 9.46. The van der Waals surface area contributed by atoms with Crippen LogP contribution in [0.3, 0.4) is 0 Å². The first kappa shape index (κ1) is 32.1. The number of sulfonamides is 1. The zero-order chi connectivity index (χ0) is 32.1. The molecule has 236 valence electrons. The van der Waals surface area contributed by atoms with E-state index >= 15 is 0 Å². The number of aromatic nitrogens is 2. The molecule has 1 aliphatic rings. The number of hydrogen-bond acceptors (Lipinski definition) is 10. The van der Waals surface area contributed by atoms with Gasteiger partial charge in [-0.3, -0.25) is 4.79 Å². The lowest BCUT2D eigenvalue weighted by Gasteiger charge is -2.13. The van der Waals surface area contributed by atoms with Crippen molar-refractivity contribution in [3.8, 4) is 16.9 Å². The Hall–Kier alpha value is -4.87. The summed E-state index contributed by atoms with van der Waals surface area (Å²) in [7, 11) is -4.38. The number of hydrogen-bond donors (Lipinski definition) is 1. The summed E-state index contributed by atoms with van der Waals surface area (Å²) in [4.78, 5) is 28.1. The van der Waals surface area contributed by atoms with Crippen LogP contribution in [0.5, 0.6) is 0 Å². The van der Waals surface area contributed by atoms with Gasteiger partial charge in [0.2, 0.25) is 11.2 Å². The molecule has 1 saturated heterocycles. The molecule has 0 spiro atoms. The molecule has 0 radical (unpaired) electrons. The monoisotopic (exact) mass is 640 g/mol. The van der Waals surface area contributed by atoms with E-state index in [-0.39, 0.29) is 47.4 Å². The number of nitrogens with zero attached hydrogens (tertiary/aromatic N) is 5. The summed E-state index contributed by atoms with van der Waals surface area (Å²) in [5.41, 5.74) is 0.549. The maximum Gasteiger partial charge on any atom is 0.511 e. The normalized spacial score (nSPS) is 15.6. The van der Waals surface area contributed by atoms with Crippen LogP contribution in [-0.4, -0.2) is 66.7 Å². The number of benzene rings is 2. The van der Waals surface area contributed by atoms with Gasteiger partial charge in [0.25, 0.3) is 16.8 Å². The van der Waals surface area contributed by atoms with Gasteiger partial charge in [-0.05, 0) is 50.6 Å². The van der Waals surface area contributed by atoms with Crippen LogP contribution in [0.2, 0.25) is 0 Å². The molecule has 1 fully saturated rings. The first-order chi connectivity index (χ1) is 20.8. The molecule has 3 aromatic rings. The van der Waals surface area contributed by atoms with Gasteiger partial charge in [-0.25, -0.2) is 22.6 Å². The summed E-state index contributed by atoms with van der Waals surface area (Å²) in [6, 6.07) is 12.5. The average molecular weight is 641 g/mol. The number of aryl methyl sites for hydroxylation is 1. The van der Waals surface area contributed by atoms with E-state index in [2.05, 4.69) is 24.7 Å². The van der Waals surface area contributed by atoms with Crippen molar-refractivity contribution >= 4 is 22.1 Å². The van der Waals surface area contributed by atoms with E-state index in [1.807, 2.05) is 11.6 Å². The smallest absolute Gasteiger partial charge is 0.511 e. The van der Waals surface area contributed by atoms with E-state index in [1.165, 1.54) is 12.1 Å². The van der Waals surface area contributed by atoms with Gasteiger partial charge < -0.3 is 19.5 Å². The number of carbonyl (C=O) groups excluding carboxylic acids is 2. The number of hydrazine groups is 1. The largest absolute Gasteiger partial charge is 0.569 e. The maximum absolute atomic E-state index is 13.5. The van der Waals surface area contributed by atoms with Crippen LogP contribution in [0, 0.1) is 18.0 Å². The van der Waals surface area contributed by atoms with Crippen LogP contribution < -0.4 is 4.72 Å². The summed E-state index contributed by atoms with van der Waals surface area (Å²) >= 11 is 0. The van der Waals surface area contributed by atoms with Crippen molar-refractivity contribution < 1.29 is 50.5 Å². The highest BCUT2D eigenvalue weighted by molar-refractivity contribution is 7.90. The molecule has 1 aromatic heterocycles. The number of rotatable bonds is 10. The average Bonchev–Trinajstić information content (AvgIpc) is 3.65. The Morgan fingerprint density at radius 2 is 1.82 bits per heavy atom. The van der Waals surface area contributed by atoms with E-state index in [1.54, 1.807) is 31.2 Å². The van der Waals surface area contributed by atoms with Crippen molar-refractivity contribution in [3.63, 3.8) is 0 Å². The molecule has 14 nitrogen and oxygen atoms in total. The predicted molar refractivity (Wildman–Crippen MR) is 144 cm³/mol. The Labute approximate surface area is 249 Å². The fourth-order valence-corrected chi connectivity index (χ4v) is 5.20. The number of carbonyl (C=O) groups is 2. The quantitative estimate of drug-likeness (QED) is 0.0856. The summed E-state index contributed by atoms with van der Waals surface area (Å²) in [6.45, 7) is 2.65. The van der Waals surface area contributed by atoms with Crippen LogP contribution in [0.25, 0.3) is 16.9 Å². The lowest BCUT2D eigenvalue weighted by molar-refractivity contribution is -0.708. The Morgan fingerprint density at radius 1 is 1.14 bits per heavy atom. The van der Waals surface area contributed by atoms with Gasteiger partial charge in [0.1, 0.15) is 0 Å². The molecule has 0 bridgehead atoms. The van der Waals surface area contributed by atoms with Gasteiger partial charge >= 0.3 is 12.3 Å². The Kier molecular flexibility index (Phi) is 9.61. The van der Waals surface area contributed by atoms with Crippen LogP contribution in [0.15, 0.2) is 64.8 Å². The van der Waals surface area contributed by atoms with Gasteiger partial charge in [-0.15, -0.1) is 5.01 Å². The van der Waals surface area contributed by atoms with E-state index in [0.29, 0.717) is 5.56 Å². The van der Waals surface area contributed by atoms with Gasteiger partial charge in [0, 0.05) is 5.56 Å². The third kappa shape index (κ3) is 7.74. The third-order valence-electron chi connectivity index (χ3n) is 6.37. The van der Waals surface area contributed by atoms with Crippen molar-refractivity contribution in [2.75, 3.05) is 26.5 Å². The number of ether oxygens (including phenoxy) is 2. The highest BCUT2D eigenvalue weighted by Crippen LogP contribution is 2.33. The summed E-state index contributed by atoms with van der Waals surface area (Å²) in [6.07, 6.45) is -5.61. The molecule has 1 atom stereocenters. The van der Waals surface area contributed by atoms with Gasteiger partial charge in [-0.1, -0.05) is 29.8 Å². The van der Waals surface area contributed by atoms with Crippen LogP contribution in [0.4, 0.5) is 18.0 Å². The molecule has 1 aliphatic heterocycles. The molecule has 4 rings (SSSR count). The molecule has 44 heavy (non-hydrogen) atoms. The number of halogens is 3. The molecule has 18 heteroatoms. The standard InChI is InChI=1S/C26H27F3N6O8S/c1-3-41-25(37)42-16-43-32-35(38)33-13-12-19(15-33)24(36)31-44(39,40)21-10-8-20(9-11-21)34-22(14-23(30-34)26(27,28)29)18-6-4-17(2)5-7-18/h4-11,14,19H,3,12-13,15-16H2,1-2H3,(H,31,36)/b35-32+. The van der Waals surface area contributed by atoms with Crippen molar-refractivity contribution in [1.29, 1.82) is 0 Å². The highest BCUT2D eigenvalue weighted by Gasteiger charge is 2.36. The molecule has 0 saturated carbocycles. The Balaban J connectivity index is 1.42. The first-order valence-corrected chi connectivity index (χ1v) is 14.5. The molecule has 1 N–H and O–H groups in total.